The highest BCUT2D eigenvalue weighted by atomic mass is 32.1. The Morgan fingerprint density at radius 3 is 2.79 bits per heavy atom. The molecule has 0 N–H and O–H groups in total. The zero-order chi connectivity index (χ0) is 16.7. The van der Waals surface area contributed by atoms with Gasteiger partial charge in [-0.3, -0.25) is 9.78 Å². The van der Waals surface area contributed by atoms with Crippen molar-refractivity contribution in [1.29, 1.82) is 0 Å². The minimum absolute atomic E-state index is 0.171. The minimum Gasteiger partial charge on any atom is -0.309 e. The first-order valence-corrected chi connectivity index (χ1v) is 8.84. The number of aromatic nitrogens is 2. The Bertz CT molecular complexity index is 902. The molecule has 0 atom stereocenters. The number of amides is 1. The number of hydrogen-bond donors (Lipinski definition) is 0. The molecule has 2 aromatic heterocycles. The summed E-state index contributed by atoms with van der Waals surface area (Å²) in [5, 5.41) is 2.95. The average Bonchev–Trinajstić information content (AvgIpc) is 3.18. The number of fused-ring (bicyclic) bond motifs is 1. The fraction of sp³-hybridized carbons (Fsp3) is 0.211. The maximum Gasteiger partial charge on any atom is 0.231 e. The first-order chi connectivity index (χ1) is 11.6. The predicted molar refractivity (Wildman–Crippen MR) is 97.1 cm³/mol. The quantitative estimate of drug-likeness (QED) is 0.722. The highest BCUT2D eigenvalue weighted by Crippen LogP contribution is 2.35. The van der Waals surface area contributed by atoms with Crippen LogP contribution in [0.15, 0.2) is 48.0 Å². The number of thiazole rings is 1. The second kappa shape index (κ2) is 5.83. The first kappa shape index (κ1) is 15.0. The fourth-order valence-corrected chi connectivity index (χ4v) is 3.89. The van der Waals surface area contributed by atoms with Gasteiger partial charge in [-0.05, 0) is 43.7 Å². The number of pyridine rings is 1. The van der Waals surface area contributed by atoms with Crippen LogP contribution in [0.5, 0.6) is 0 Å². The SMILES string of the molecule is CC(C)N1C(=O)Cc2cc(-c3csc(-c4ccccn4)n3)ccc21. The molecule has 1 amide bonds. The van der Waals surface area contributed by atoms with Crippen molar-refractivity contribution < 1.29 is 4.79 Å². The highest BCUT2D eigenvalue weighted by Gasteiger charge is 2.29. The van der Waals surface area contributed by atoms with E-state index in [0.717, 1.165) is 33.2 Å². The molecule has 3 heterocycles. The van der Waals surface area contributed by atoms with Crippen molar-refractivity contribution in [3.63, 3.8) is 0 Å². The zero-order valence-electron chi connectivity index (χ0n) is 13.6. The van der Waals surface area contributed by atoms with E-state index in [4.69, 9.17) is 4.98 Å². The van der Waals surface area contributed by atoms with Crippen molar-refractivity contribution in [3.8, 4) is 22.0 Å². The molecule has 24 heavy (non-hydrogen) atoms. The number of hydrogen-bond acceptors (Lipinski definition) is 4. The lowest BCUT2D eigenvalue weighted by molar-refractivity contribution is -0.117. The lowest BCUT2D eigenvalue weighted by Crippen LogP contribution is -2.33. The summed E-state index contributed by atoms with van der Waals surface area (Å²) in [6, 6.07) is 12.2. The van der Waals surface area contributed by atoms with Crippen LogP contribution in [0, 0.1) is 0 Å². The smallest absolute Gasteiger partial charge is 0.231 e. The molecule has 1 aliphatic rings. The van der Waals surface area contributed by atoms with Crippen molar-refractivity contribution in [3.05, 3.63) is 53.5 Å². The molecule has 0 bridgehead atoms. The van der Waals surface area contributed by atoms with E-state index in [-0.39, 0.29) is 11.9 Å². The van der Waals surface area contributed by atoms with Crippen molar-refractivity contribution >= 4 is 22.9 Å². The maximum atomic E-state index is 12.2. The second-order valence-electron chi connectivity index (χ2n) is 6.13. The van der Waals surface area contributed by atoms with Gasteiger partial charge >= 0.3 is 0 Å². The molecular formula is C19H17N3OS. The normalized spacial score (nSPS) is 13.6. The number of rotatable bonds is 3. The zero-order valence-corrected chi connectivity index (χ0v) is 14.4. The molecule has 5 heteroatoms. The topological polar surface area (TPSA) is 46.1 Å². The van der Waals surface area contributed by atoms with Gasteiger partial charge in [0.25, 0.3) is 0 Å². The van der Waals surface area contributed by atoms with Crippen LogP contribution in [0.25, 0.3) is 22.0 Å². The third-order valence-electron chi connectivity index (χ3n) is 4.15. The van der Waals surface area contributed by atoms with E-state index >= 15 is 0 Å². The Balaban J connectivity index is 1.69. The molecular weight excluding hydrogens is 318 g/mol. The van der Waals surface area contributed by atoms with E-state index in [1.807, 2.05) is 54.5 Å². The highest BCUT2D eigenvalue weighted by molar-refractivity contribution is 7.13. The lowest BCUT2D eigenvalue weighted by Gasteiger charge is -2.21. The van der Waals surface area contributed by atoms with Gasteiger partial charge < -0.3 is 4.90 Å². The Hall–Kier alpha value is -2.53. The summed E-state index contributed by atoms with van der Waals surface area (Å²) < 4.78 is 0. The molecule has 1 aliphatic heterocycles. The minimum atomic E-state index is 0.171. The van der Waals surface area contributed by atoms with Gasteiger partial charge in [0, 0.05) is 28.9 Å². The largest absolute Gasteiger partial charge is 0.309 e. The molecule has 120 valence electrons. The average molecular weight is 335 g/mol. The molecule has 4 rings (SSSR count). The number of carbonyl (C=O) groups excluding carboxylic acids is 1. The van der Waals surface area contributed by atoms with Crippen LogP contribution < -0.4 is 4.90 Å². The van der Waals surface area contributed by atoms with E-state index in [0.29, 0.717) is 6.42 Å². The maximum absolute atomic E-state index is 12.2. The van der Waals surface area contributed by atoms with Crippen LogP contribution in [0.3, 0.4) is 0 Å². The van der Waals surface area contributed by atoms with E-state index in [1.165, 1.54) is 0 Å². The van der Waals surface area contributed by atoms with Crippen molar-refractivity contribution in [2.45, 2.75) is 26.3 Å². The summed E-state index contributed by atoms with van der Waals surface area (Å²) in [5.74, 6) is 0.171. The molecule has 0 aliphatic carbocycles. The van der Waals surface area contributed by atoms with Crippen LogP contribution >= 0.6 is 11.3 Å². The fourth-order valence-electron chi connectivity index (χ4n) is 3.08. The summed E-state index contributed by atoms with van der Waals surface area (Å²) in [6.07, 6.45) is 2.25. The van der Waals surface area contributed by atoms with Crippen LogP contribution in [-0.2, 0) is 11.2 Å². The Morgan fingerprint density at radius 1 is 1.17 bits per heavy atom. The third-order valence-corrected chi connectivity index (χ3v) is 5.01. The van der Waals surface area contributed by atoms with Gasteiger partial charge in [0.05, 0.1) is 17.8 Å². The van der Waals surface area contributed by atoms with Gasteiger partial charge in [0.15, 0.2) is 0 Å². The van der Waals surface area contributed by atoms with E-state index < -0.39 is 0 Å². The summed E-state index contributed by atoms with van der Waals surface area (Å²) in [7, 11) is 0. The van der Waals surface area contributed by atoms with Crippen LogP contribution in [0.4, 0.5) is 5.69 Å². The van der Waals surface area contributed by atoms with E-state index in [2.05, 4.69) is 11.1 Å². The van der Waals surface area contributed by atoms with Gasteiger partial charge in [-0.15, -0.1) is 11.3 Å². The predicted octanol–water partition coefficient (Wildman–Crippen LogP) is 4.17. The number of nitrogens with zero attached hydrogens (tertiary/aromatic N) is 3. The van der Waals surface area contributed by atoms with Crippen LogP contribution in [0.1, 0.15) is 19.4 Å². The summed E-state index contributed by atoms with van der Waals surface area (Å²) in [6.45, 7) is 4.08. The standard InChI is InChI=1S/C19H17N3OS/c1-12(2)22-17-7-6-13(9-14(17)10-18(22)23)16-11-24-19(21-16)15-5-3-4-8-20-15/h3-9,11-12H,10H2,1-2H3. The Kier molecular flexibility index (Phi) is 3.65. The lowest BCUT2D eigenvalue weighted by atomic mass is 10.1. The van der Waals surface area contributed by atoms with Gasteiger partial charge in [0.1, 0.15) is 5.01 Å². The van der Waals surface area contributed by atoms with E-state index in [9.17, 15) is 4.79 Å². The van der Waals surface area contributed by atoms with Crippen LogP contribution in [0.2, 0.25) is 0 Å². The summed E-state index contributed by atoms with van der Waals surface area (Å²) >= 11 is 1.59. The summed E-state index contributed by atoms with van der Waals surface area (Å²) in [5.41, 5.74) is 4.97. The molecule has 0 radical (unpaired) electrons. The van der Waals surface area contributed by atoms with Crippen LogP contribution in [-0.4, -0.2) is 21.9 Å². The van der Waals surface area contributed by atoms with Gasteiger partial charge in [-0.25, -0.2) is 4.98 Å². The van der Waals surface area contributed by atoms with Gasteiger partial charge in [0.2, 0.25) is 5.91 Å². The molecule has 3 aromatic rings. The monoisotopic (exact) mass is 335 g/mol. The Labute approximate surface area is 144 Å². The molecule has 4 nitrogen and oxygen atoms in total. The van der Waals surface area contributed by atoms with Crippen molar-refractivity contribution in [1.82, 2.24) is 9.97 Å². The second-order valence-corrected chi connectivity index (χ2v) is 6.99. The molecule has 1 aromatic carbocycles. The third kappa shape index (κ3) is 2.51. The molecule has 0 unspecified atom stereocenters. The molecule has 0 saturated heterocycles. The van der Waals surface area contributed by atoms with Crippen molar-refractivity contribution in [2.24, 2.45) is 0 Å². The number of benzene rings is 1. The summed E-state index contributed by atoms with van der Waals surface area (Å²) in [4.78, 5) is 23.1. The van der Waals surface area contributed by atoms with E-state index in [1.54, 1.807) is 17.5 Å². The Morgan fingerprint density at radius 2 is 2.04 bits per heavy atom. The first-order valence-electron chi connectivity index (χ1n) is 7.96. The molecule has 0 spiro atoms. The number of anilines is 1. The molecule has 0 fully saturated rings. The van der Waals surface area contributed by atoms with Gasteiger partial charge in [-0.2, -0.15) is 0 Å². The van der Waals surface area contributed by atoms with Crippen molar-refractivity contribution in [2.75, 3.05) is 4.90 Å². The van der Waals surface area contributed by atoms with Gasteiger partial charge in [-0.1, -0.05) is 12.1 Å². The number of carbonyl (C=O) groups is 1. The molecule has 0 saturated carbocycles.